The van der Waals surface area contributed by atoms with E-state index in [-0.39, 0.29) is 12.2 Å². The van der Waals surface area contributed by atoms with Gasteiger partial charge in [-0.1, -0.05) is 0 Å². The number of nitrogen functional groups attached to an aromatic ring is 1. The maximum Gasteiger partial charge on any atom is 0.340 e. The molecule has 1 rings (SSSR count). The molecule has 94 valence electrons. The van der Waals surface area contributed by atoms with Gasteiger partial charge in [0.15, 0.2) is 0 Å². The van der Waals surface area contributed by atoms with Crippen molar-refractivity contribution in [1.82, 2.24) is 0 Å². The number of carbonyl (C=O) groups is 1. The Morgan fingerprint density at radius 2 is 1.82 bits per heavy atom. The van der Waals surface area contributed by atoms with E-state index in [4.69, 9.17) is 15.2 Å². The second kappa shape index (κ2) is 5.57. The van der Waals surface area contributed by atoms with Crippen molar-refractivity contribution in [2.45, 2.75) is 39.9 Å². The maximum atomic E-state index is 11.8. The molecule has 0 fully saturated rings. The van der Waals surface area contributed by atoms with Crippen LogP contribution in [0.15, 0.2) is 18.2 Å². The molecule has 0 aliphatic rings. The molecule has 2 N–H and O–H groups in total. The molecule has 0 aliphatic carbocycles. The third kappa shape index (κ3) is 3.98. The van der Waals surface area contributed by atoms with Gasteiger partial charge in [0.1, 0.15) is 5.75 Å². The predicted octanol–water partition coefficient (Wildman–Crippen LogP) is 2.62. The van der Waals surface area contributed by atoms with Crippen molar-refractivity contribution in [3.63, 3.8) is 0 Å². The molecular formula is C13H19NO3. The van der Waals surface area contributed by atoms with Gasteiger partial charge < -0.3 is 15.2 Å². The highest BCUT2D eigenvalue weighted by molar-refractivity contribution is 5.95. The highest BCUT2D eigenvalue weighted by Gasteiger charge is 2.14. The SMILES string of the molecule is CC(C)OC(=O)c1cc(OC(C)C)ccc1N. The van der Waals surface area contributed by atoms with Gasteiger partial charge in [0, 0.05) is 5.69 Å². The van der Waals surface area contributed by atoms with Crippen LogP contribution >= 0.6 is 0 Å². The summed E-state index contributed by atoms with van der Waals surface area (Å²) in [6, 6.07) is 5.00. The van der Waals surface area contributed by atoms with Gasteiger partial charge in [0.25, 0.3) is 0 Å². The first-order valence-electron chi connectivity index (χ1n) is 5.67. The average molecular weight is 237 g/mol. The number of nitrogens with two attached hydrogens (primary N) is 1. The minimum Gasteiger partial charge on any atom is -0.491 e. The molecule has 0 amide bonds. The fraction of sp³-hybridized carbons (Fsp3) is 0.462. The fourth-order valence-corrected chi connectivity index (χ4v) is 1.34. The van der Waals surface area contributed by atoms with E-state index in [1.807, 2.05) is 13.8 Å². The largest absolute Gasteiger partial charge is 0.491 e. The zero-order valence-electron chi connectivity index (χ0n) is 10.7. The summed E-state index contributed by atoms with van der Waals surface area (Å²) in [5, 5.41) is 0. The van der Waals surface area contributed by atoms with Crippen LogP contribution in [0.25, 0.3) is 0 Å². The zero-order valence-corrected chi connectivity index (χ0v) is 10.7. The van der Waals surface area contributed by atoms with Gasteiger partial charge in [-0.25, -0.2) is 4.79 Å². The van der Waals surface area contributed by atoms with Gasteiger partial charge in [0.2, 0.25) is 0 Å². The van der Waals surface area contributed by atoms with E-state index in [0.717, 1.165) is 0 Å². The molecule has 4 heteroatoms. The van der Waals surface area contributed by atoms with E-state index in [1.165, 1.54) is 0 Å². The lowest BCUT2D eigenvalue weighted by atomic mass is 10.1. The summed E-state index contributed by atoms with van der Waals surface area (Å²) < 4.78 is 10.6. The Hall–Kier alpha value is -1.71. The maximum absolute atomic E-state index is 11.8. The summed E-state index contributed by atoms with van der Waals surface area (Å²) in [7, 11) is 0. The molecule has 4 nitrogen and oxygen atoms in total. The van der Waals surface area contributed by atoms with E-state index in [1.54, 1.807) is 32.0 Å². The average Bonchev–Trinajstić information content (AvgIpc) is 2.19. The van der Waals surface area contributed by atoms with Crippen molar-refractivity contribution in [1.29, 1.82) is 0 Å². The molecule has 17 heavy (non-hydrogen) atoms. The number of anilines is 1. The summed E-state index contributed by atoms with van der Waals surface area (Å²) in [5.41, 5.74) is 6.48. The van der Waals surface area contributed by atoms with E-state index < -0.39 is 5.97 Å². The van der Waals surface area contributed by atoms with E-state index >= 15 is 0 Å². The van der Waals surface area contributed by atoms with Crippen LogP contribution in [0.5, 0.6) is 5.75 Å². The molecule has 0 radical (unpaired) electrons. The predicted molar refractivity (Wildman–Crippen MR) is 67.2 cm³/mol. The first-order valence-corrected chi connectivity index (χ1v) is 5.67. The Morgan fingerprint density at radius 1 is 1.18 bits per heavy atom. The van der Waals surface area contributed by atoms with Gasteiger partial charge in [0.05, 0.1) is 17.8 Å². The molecular weight excluding hydrogens is 218 g/mol. The minimum atomic E-state index is -0.424. The quantitative estimate of drug-likeness (QED) is 0.646. The molecule has 1 aromatic carbocycles. The lowest BCUT2D eigenvalue weighted by Crippen LogP contribution is -2.14. The van der Waals surface area contributed by atoms with Crippen LogP contribution < -0.4 is 10.5 Å². The van der Waals surface area contributed by atoms with Crippen molar-refractivity contribution in [2.24, 2.45) is 0 Å². The topological polar surface area (TPSA) is 61.5 Å². The first kappa shape index (κ1) is 13.4. The molecule has 1 aromatic rings. The standard InChI is InChI=1S/C13H19NO3/c1-8(2)16-10-5-6-12(14)11(7-10)13(15)17-9(3)4/h5-9H,14H2,1-4H3. The van der Waals surface area contributed by atoms with Crippen molar-refractivity contribution < 1.29 is 14.3 Å². The Kier molecular flexibility index (Phi) is 4.37. The summed E-state index contributed by atoms with van der Waals surface area (Å²) in [4.78, 5) is 11.8. The number of benzene rings is 1. The lowest BCUT2D eigenvalue weighted by molar-refractivity contribution is 0.0378. The van der Waals surface area contributed by atoms with Gasteiger partial charge in [-0.2, -0.15) is 0 Å². The van der Waals surface area contributed by atoms with Gasteiger partial charge in [-0.05, 0) is 45.9 Å². The highest BCUT2D eigenvalue weighted by Crippen LogP contribution is 2.21. The van der Waals surface area contributed by atoms with Crippen LogP contribution in [0.1, 0.15) is 38.1 Å². The fourth-order valence-electron chi connectivity index (χ4n) is 1.34. The van der Waals surface area contributed by atoms with Crippen LogP contribution in [0, 0.1) is 0 Å². The number of ether oxygens (including phenoxy) is 2. The third-order valence-electron chi connectivity index (χ3n) is 1.96. The molecule has 0 heterocycles. The van der Waals surface area contributed by atoms with Crippen molar-refractivity contribution in [2.75, 3.05) is 5.73 Å². The summed E-state index contributed by atoms with van der Waals surface area (Å²) >= 11 is 0. The summed E-state index contributed by atoms with van der Waals surface area (Å²) in [5.74, 6) is 0.191. The zero-order chi connectivity index (χ0) is 13.0. The molecule has 0 unspecified atom stereocenters. The van der Waals surface area contributed by atoms with Crippen LogP contribution in [0.3, 0.4) is 0 Å². The molecule has 0 spiro atoms. The summed E-state index contributed by atoms with van der Waals surface area (Å²) in [6.45, 7) is 7.43. The molecule has 0 aliphatic heterocycles. The second-order valence-corrected chi connectivity index (χ2v) is 4.37. The lowest BCUT2D eigenvalue weighted by Gasteiger charge is -2.13. The molecule has 0 saturated heterocycles. The normalized spacial score (nSPS) is 10.7. The number of hydrogen-bond acceptors (Lipinski definition) is 4. The Bertz CT molecular complexity index is 400. The van der Waals surface area contributed by atoms with E-state index in [2.05, 4.69) is 0 Å². The number of rotatable bonds is 4. The first-order chi connectivity index (χ1) is 7.90. The minimum absolute atomic E-state index is 0.0487. The highest BCUT2D eigenvalue weighted by atomic mass is 16.5. The van der Waals surface area contributed by atoms with Crippen molar-refractivity contribution in [3.8, 4) is 5.75 Å². The molecule has 0 saturated carbocycles. The third-order valence-corrected chi connectivity index (χ3v) is 1.96. The van der Waals surface area contributed by atoms with E-state index in [0.29, 0.717) is 17.0 Å². The Balaban J connectivity index is 2.93. The van der Waals surface area contributed by atoms with Crippen LogP contribution in [-0.4, -0.2) is 18.2 Å². The van der Waals surface area contributed by atoms with Crippen molar-refractivity contribution >= 4 is 11.7 Å². The second-order valence-electron chi connectivity index (χ2n) is 4.37. The Morgan fingerprint density at radius 3 is 2.35 bits per heavy atom. The smallest absolute Gasteiger partial charge is 0.340 e. The van der Waals surface area contributed by atoms with Gasteiger partial charge >= 0.3 is 5.97 Å². The van der Waals surface area contributed by atoms with Crippen molar-refractivity contribution in [3.05, 3.63) is 23.8 Å². The van der Waals surface area contributed by atoms with Crippen LogP contribution in [0.2, 0.25) is 0 Å². The van der Waals surface area contributed by atoms with Gasteiger partial charge in [-0.3, -0.25) is 0 Å². The van der Waals surface area contributed by atoms with Crippen LogP contribution in [0.4, 0.5) is 5.69 Å². The molecule has 0 atom stereocenters. The Labute approximate surface area is 102 Å². The number of esters is 1. The molecule has 0 aromatic heterocycles. The van der Waals surface area contributed by atoms with Crippen LogP contribution in [-0.2, 0) is 4.74 Å². The number of carbonyl (C=O) groups excluding carboxylic acids is 1. The summed E-state index contributed by atoms with van der Waals surface area (Å²) in [6.07, 6.45) is -0.121. The van der Waals surface area contributed by atoms with Gasteiger partial charge in [-0.15, -0.1) is 0 Å². The molecule has 0 bridgehead atoms. The monoisotopic (exact) mass is 237 g/mol. The van der Waals surface area contributed by atoms with E-state index in [9.17, 15) is 4.79 Å². The number of hydrogen-bond donors (Lipinski definition) is 1.